The first-order valence-corrected chi connectivity index (χ1v) is 7.52. The van der Waals surface area contributed by atoms with Gasteiger partial charge in [0, 0.05) is 15.7 Å². The van der Waals surface area contributed by atoms with Crippen molar-refractivity contribution in [3.05, 3.63) is 39.3 Å². The molecule has 0 amide bonds. The van der Waals surface area contributed by atoms with Crippen LogP contribution in [0.15, 0.2) is 33.8 Å². The lowest BCUT2D eigenvalue weighted by molar-refractivity contribution is 0.318. The fourth-order valence-corrected chi connectivity index (χ4v) is 3.58. The van der Waals surface area contributed by atoms with Crippen LogP contribution in [-0.2, 0) is 0 Å². The Morgan fingerprint density at radius 1 is 1.60 bits per heavy atom. The first-order chi connectivity index (χ1) is 9.51. The number of hydrogen-bond acceptors (Lipinski definition) is 4. The van der Waals surface area contributed by atoms with Crippen LogP contribution in [-0.4, -0.2) is 22.9 Å². The van der Waals surface area contributed by atoms with Gasteiger partial charge in [0.15, 0.2) is 5.84 Å². The van der Waals surface area contributed by atoms with E-state index in [4.69, 9.17) is 27.3 Å². The topological polar surface area (TPSA) is 67.8 Å². The number of nitrogens with two attached hydrogens (primary N) is 1. The van der Waals surface area contributed by atoms with Crippen LogP contribution in [0.1, 0.15) is 25.8 Å². The highest BCUT2D eigenvalue weighted by Gasteiger charge is 2.19. The van der Waals surface area contributed by atoms with Gasteiger partial charge in [0.05, 0.1) is 5.02 Å². The molecule has 1 aliphatic rings. The molecule has 0 saturated carbocycles. The number of hydrogen-bond donors (Lipinski definition) is 2. The summed E-state index contributed by atoms with van der Waals surface area (Å²) in [6.45, 7) is 4.91. The second-order valence-electron chi connectivity index (χ2n) is 4.75. The van der Waals surface area contributed by atoms with Gasteiger partial charge in [-0.2, -0.15) is 0 Å². The standard InChI is InChI=1S/C14H17ClN2O2S/c1-8-5-9(2)20-13(8)7-19-10-3-4-11(12(15)6-10)14(16)17-18/h3-4,6,9,18H,5,7H2,1-2H3,(H2,16,17). The monoisotopic (exact) mass is 312 g/mol. The third-order valence-corrected chi connectivity index (χ3v) is 4.74. The van der Waals surface area contributed by atoms with Gasteiger partial charge in [-0.3, -0.25) is 0 Å². The van der Waals surface area contributed by atoms with Crippen molar-refractivity contribution in [3.8, 4) is 5.75 Å². The minimum Gasteiger partial charge on any atom is -0.488 e. The Morgan fingerprint density at radius 3 is 2.90 bits per heavy atom. The number of thioether (sulfide) groups is 1. The van der Waals surface area contributed by atoms with Gasteiger partial charge in [0.25, 0.3) is 0 Å². The lowest BCUT2D eigenvalue weighted by Crippen LogP contribution is -2.13. The molecule has 0 spiro atoms. The molecule has 0 aliphatic carbocycles. The fourth-order valence-electron chi connectivity index (χ4n) is 2.08. The van der Waals surface area contributed by atoms with E-state index in [1.165, 1.54) is 10.5 Å². The smallest absolute Gasteiger partial charge is 0.171 e. The van der Waals surface area contributed by atoms with Crippen molar-refractivity contribution in [2.75, 3.05) is 6.61 Å². The highest BCUT2D eigenvalue weighted by Crippen LogP contribution is 2.37. The Balaban J connectivity index is 2.05. The molecule has 0 saturated heterocycles. The Morgan fingerprint density at radius 2 is 2.35 bits per heavy atom. The zero-order valence-corrected chi connectivity index (χ0v) is 13.0. The molecule has 6 heteroatoms. The van der Waals surface area contributed by atoms with Crippen LogP contribution in [0, 0.1) is 0 Å². The lowest BCUT2D eigenvalue weighted by Gasteiger charge is -2.10. The minimum atomic E-state index is -0.0136. The Hall–Kier alpha value is -1.33. The van der Waals surface area contributed by atoms with E-state index in [1.807, 2.05) is 11.8 Å². The fraction of sp³-hybridized carbons (Fsp3) is 0.357. The third-order valence-electron chi connectivity index (χ3n) is 3.11. The van der Waals surface area contributed by atoms with Gasteiger partial charge in [0.2, 0.25) is 0 Å². The van der Waals surface area contributed by atoms with E-state index in [0.717, 1.165) is 6.42 Å². The van der Waals surface area contributed by atoms with Crippen molar-refractivity contribution in [1.82, 2.24) is 0 Å². The molecule has 1 heterocycles. The average Bonchev–Trinajstić information content (AvgIpc) is 2.74. The van der Waals surface area contributed by atoms with Gasteiger partial charge < -0.3 is 15.7 Å². The molecule has 1 aliphatic heterocycles. The number of benzene rings is 1. The normalized spacial score (nSPS) is 19.6. The van der Waals surface area contributed by atoms with Gasteiger partial charge in [0.1, 0.15) is 12.4 Å². The van der Waals surface area contributed by atoms with Gasteiger partial charge in [-0.25, -0.2) is 0 Å². The highest BCUT2D eigenvalue weighted by atomic mass is 35.5. The molecule has 20 heavy (non-hydrogen) atoms. The number of oxime groups is 1. The van der Waals surface area contributed by atoms with Crippen LogP contribution in [0.2, 0.25) is 5.02 Å². The summed E-state index contributed by atoms with van der Waals surface area (Å²) < 4.78 is 5.75. The predicted octanol–water partition coefficient (Wildman–Crippen LogP) is 3.61. The van der Waals surface area contributed by atoms with Crippen LogP contribution in [0.25, 0.3) is 0 Å². The van der Waals surface area contributed by atoms with E-state index in [-0.39, 0.29) is 5.84 Å². The molecule has 1 aromatic rings. The summed E-state index contributed by atoms with van der Waals surface area (Å²) in [6, 6.07) is 5.12. The van der Waals surface area contributed by atoms with Crippen molar-refractivity contribution < 1.29 is 9.94 Å². The number of rotatable bonds is 4. The van der Waals surface area contributed by atoms with Crippen LogP contribution >= 0.6 is 23.4 Å². The van der Waals surface area contributed by atoms with Gasteiger partial charge in [-0.05, 0) is 31.5 Å². The summed E-state index contributed by atoms with van der Waals surface area (Å²) in [5.74, 6) is 0.658. The van der Waals surface area contributed by atoms with E-state index in [0.29, 0.717) is 28.2 Å². The highest BCUT2D eigenvalue weighted by molar-refractivity contribution is 8.03. The van der Waals surface area contributed by atoms with Crippen molar-refractivity contribution in [3.63, 3.8) is 0 Å². The SMILES string of the molecule is CC1=C(COc2ccc(/C(N)=N/O)c(Cl)c2)SC(C)C1. The first-order valence-electron chi connectivity index (χ1n) is 6.26. The Bertz CT molecular complexity index is 572. The van der Waals surface area contributed by atoms with Crippen LogP contribution in [0.5, 0.6) is 5.75 Å². The molecule has 1 aromatic carbocycles. The number of amidine groups is 1. The number of allylic oxidation sites excluding steroid dienone is 1. The second kappa shape index (κ2) is 6.41. The van der Waals surface area contributed by atoms with Crippen molar-refractivity contribution in [2.45, 2.75) is 25.5 Å². The summed E-state index contributed by atoms with van der Waals surface area (Å²) >= 11 is 7.94. The molecule has 1 unspecified atom stereocenters. The number of ether oxygens (including phenoxy) is 1. The minimum absolute atomic E-state index is 0.0136. The van der Waals surface area contributed by atoms with Gasteiger partial charge in [-0.15, -0.1) is 11.8 Å². The van der Waals surface area contributed by atoms with E-state index in [1.54, 1.807) is 18.2 Å². The number of nitrogens with zero attached hydrogens (tertiary/aromatic N) is 1. The summed E-state index contributed by atoms with van der Waals surface area (Å²) in [4.78, 5) is 1.29. The maximum absolute atomic E-state index is 8.65. The molecular weight excluding hydrogens is 296 g/mol. The van der Waals surface area contributed by atoms with Crippen molar-refractivity contribution in [2.24, 2.45) is 10.9 Å². The lowest BCUT2D eigenvalue weighted by atomic mass is 10.2. The second-order valence-corrected chi connectivity index (χ2v) is 6.69. The maximum Gasteiger partial charge on any atom is 0.171 e. The average molecular weight is 313 g/mol. The molecule has 2 rings (SSSR count). The van der Waals surface area contributed by atoms with E-state index >= 15 is 0 Å². The molecule has 0 fully saturated rings. The van der Waals surface area contributed by atoms with E-state index in [2.05, 4.69) is 19.0 Å². The van der Waals surface area contributed by atoms with E-state index in [9.17, 15) is 0 Å². The third kappa shape index (κ3) is 3.41. The quantitative estimate of drug-likeness (QED) is 0.386. The zero-order chi connectivity index (χ0) is 14.7. The van der Waals surface area contributed by atoms with Crippen molar-refractivity contribution >= 4 is 29.2 Å². The molecule has 1 atom stereocenters. The summed E-state index contributed by atoms with van der Waals surface area (Å²) in [5.41, 5.74) is 7.39. The predicted molar refractivity (Wildman–Crippen MR) is 83.8 cm³/mol. The largest absolute Gasteiger partial charge is 0.488 e. The molecular formula is C14H17ClN2O2S. The number of halogens is 1. The molecule has 0 radical (unpaired) electrons. The molecule has 108 valence electrons. The van der Waals surface area contributed by atoms with Crippen molar-refractivity contribution in [1.29, 1.82) is 0 Å². The zero-order valence-electron chi connectivity index (χ0n) is 11.4. The van der Waals surface area contributed by atoms with Crippen LogP contribution < -0.4 is 10.5 Å². The maximum atomic E-state index is 8.65. The van der Waals surface area contributed by atoms with Gasteiger partial charge in [-0.1, -0.05) is 29.3 Å². The van der Waals surface area contributed by atoms with E-state index < -0.39 is 0 Å². The molecule has 3 N–H and O–H groups in total. The van der Waals surface area contributed by atoms with Gasteiger partial charge >= 0.3 is 0 Å². The molecule has 0 bridgehead atoms. The summed E-state index contributed by atoms with van der Waals surface area (Å²) in [6.07, 6.45) is 1.12. The summed E-state index contributed by atoms with van der Waals surface area (Å²) in [7, 11) is 0. The Labute approximate surface area is 127 Å². The first kappa shape index (κ1) is 15.1. The molecule has 0 aromatic heterocycles. The van der Waals surface area contributed by atoms with Crippen LogP contribution in [0.4, 0.5) is 0 Å². The molecule has 4 nitrogen and oxygen atoms in total. The van der Waals surface area contributed by atoms with Crippen LogP contribution in [0.3, 0.4) is 0 Å². The Kier molecular flexibility index (Phi) is 4.83. The summed E-state index contributed by atoms with van der Waals surface area (Å²) in [5, 5.41) is 12.6.